The second kappa shape index (κ2) is 5.81. The minimum atomic E-state index is 0.172. The number of rotatable bonds is 3. The van der Waals surface area contributed by atoms with Gasteiger partial charge < -0.3 is 10.1 Å². The normalized spacial score (nSPS) is 23.3. The van der Waals surface area contributed by atoms with Crippen LogP contribution in [0, 0.1) is 0 Å². The molecule has 0 bridgehead atoms. The Kier molecular flexibility index (Phi) is 4.54. The number of benzene rings is 1. The first kappa shape index (κ1) is 14.8. The molecule has 0 saturated carbocycles. The fraction of sp³-hybridized carbons (Fsp3) is 0.600. The molecule has 0 aromatic heterocycles. The second-order valence-electron chi connectivity index (χ2n) is 5.97. The molecule has 0 radical (unpaired) electrons. The zero-order chi connectivity index (χ0) is 14.0. The summed E-state index contributed by atoms with van der Waals surface area (Å²) in [5, 5.41) is 3.58. The zero-order valence-electron chi connectivity index (χ0n) is 12.2. The lowest BCUT2D eigenvalue weighted by molar-refractivity contribution is 0.0969. The van der Waals surface area contributed by atoms with Crippen LogP contribution in [0.3, 0.4) is 0 Å². The number of piperazine rings is 1. The summed E-state index contributed by atoms with van der Waals surface area (Å²) in [4.78, 5) is 2.51. The van der Waals surface area contributed by atoms with Gasteiger partial charge in [0.15, 0.2) is 0 Å². The number of halogens is 1. The lowest BCUT2D eigenvalue weighted by Crippen LogP contribution is -2.60. The van der Waals surface area contributed by atoms with E-state index in [4.69, 9.17) is 4.74 Å². The predicted molar refractivity (Wildman–Crippen MR) is 82.6 cm³/mol. The van der Waals surface area contributed by atoms with Crippen molar-refractivity contribution in [2.45, 2.75) is 38.9 Å². The topological polar surface area (TPSA) is 24.5 Å². The maximum absolute atomic E-state index is 5.47. The van der Waals surface area contributed by atoms with Gasteiger partial charge in [0, 0.05) is 41.3 Å². The maximum Gasteiger partial charge on any atom is 0.123 e. The van der Waals surface area contributed by atoms with Gasteiger partial charge in [-0.25, -0.2) is 0 Å². The van der Waals surface area contributed by atoms with E-state index in [9.17, 15) is 0 Å². The van der Waals surface area contributed by atoms with Crippen molar-refractivity contribution in [1.29, 1.82) is 0 Å². The molecule has 3 nitrogen and oxygen atoms in total. The van der Waals surface area contributed by atoms with Crippen molar-refractivity contribution in [3.05, 3.63) is 28.2 Å². The van der Waals surface area contributed by atoms with Crippen molar-refractivity contribution in [1.82, 2.24) is 10.2 Å². The Morgan fingerprint density at radius 2 is 2.21 bits per heavy atom. The van der Waals surface area contributed by atoms with Crippen LogP contribution in [-0.2, 0) is 6.54 Å². The van der Waals surface area contributed by atoms with Gasteiger partial charge in [-0.3, -0.25) is 4.90 Å². The summed E-state index contributed by atoms with van der Waals surface area (Å²) in [6, 6.07) is 6.74. The van der Waals surface area contributed by atoms with Crippen molar-refractivity contribution in [3.8, 4) is 5.75 Å². The Bertz CT molecular complexity index is 448. The average molecular weight is 327 g/mol. The van der Waals surface area contributed by atoms with Gasteiger partial charge in [0.05, 0.1) is 7.11 Å². The highest BCUT2D eigenvalue weighted by Gasteiger charge is 2.30. The summed E-state index contributed by atoms with van der Waals surface area (Å²) in [7, 11) is 1.73. The third kappa shape index (κ3) is 3.71. The summed E-state index contributed by atoms with van der Waals surface area (Å²) in [6.07, 6.45) is 0. The summed E-state index contributed by atoms with van der Waals surface area (Å²) >= 11 is 3.54. The first-order valence-corrected chi connectivity index (χ1v) is 7.52. The highest BCUT2D eigenvalue weighted by molar-refractivity contribution is 9.10. The third-order valence-electron chi connectivity index (χ3n) is 3.71. The van der Waals surface area contributed by atoms with E-state index < -0.39 is 0 Å². The lowest BCUT2D eigenvalue weighted by Gasteiger charge is -2.43. The van der Waals surface area contributed by atoms with Crippen LogP contribution in [0.15, 0.2) is 22.7 Å². The fourth-order valence-electron chi connectivity index (χ4n) is 2.57. The molecule has 0 amide bonds. The van der Waals surface area contributed by atoms with E-state index in [0.717, 1.165) is 29.9 Å². The minimum Gasteiger partial charge on any atom is -0.496 e. The van der Waals surface area contributed by atoms with E-state index in [1.807, 2.05) is 12.1 Å². The highest BCUT2D eigenvalue weighted by Crippen LogP contribution is 2.26. The molecule has 19 heavy (non-hydrogen) atoms. The average Bonchev–Trinajstić information content (AvgIpc) is 2.34. The van der Waals surface area contributed by atoms with E-state index >= 15 is 0 Å². The number of nitrogens with zero attached hydrogens (tertiary/aromatic N) is 1. The van der Waals surface area contributed by atoms with E-state index in [0.29, 0.717) is 6.04 Å². The molecule has 1 aliphatic rings. The van der Waals surface area contributed by atoms with Gasteiger partial charge in [-0.05, 0) is 39.0 Å². The van der Waals surface area contributed by atoms with Crippen LogP contribution < -0.4 is 10.1 Å². The monoisotopic (exact) mass is 326 g/mol. The molecule has 1 fully saturated rings. The molecule has 1 aromatic rings. The predicted octanol–water partition coefficient (Wildman–Crippen LogP) is 3.03. The Morgan fingerprint density at radius 1 is 1.47 bits per heavy atom. The minimum absolute atomic E-state index is 0.172. The molecule has 1 heterocycles. The quantitative estimate of drug-likeness (QED) is 0.924. The molecule has 1 atom stereocenters. The Morgan fingerprint density at radius 3 is 2.89 bits per heavy atom. The molecule has 1 saturated heterocycles. The van der Waals surface area contributed by atoms with Gasteiger partial charge in [-0.15, -0.1) is 0 Å². The number of ether oxygens (including phenoxy) is 1. The smallest absolute Gasteiger partial charge is 0.123 e. The molecule has 2 rings (SSSR count). The van der Waals surface area contributed by atoms with E-state index in [2.05, 4.69) is 53.0 Å². The van der Waals surface area contributed by atoms with Gasteiger partial charge in [0.1, 0.15) is 5.75 Å². The molecule has 1 unspecified atom stereocenters. The van der Waals surface area contributed by atoms with E-state index in [1.165, 1.54) is 5.56 Å². The summed E-state index contributed by atoms with van der Waals surface area (Å²) in [6.45, 7) is 9.78. The molecule has 1 aliphatic heterocycles. The van der Waals surface area contributed by atoms with Crippen LogP contribution in [0.2, 0.25) is 0 Å². The SMILES string of the molecule is COc1ccc(Br)cc1CN1CC(C)(C)NCC1C. The third-order valence-corrected chi connectivity index (χ3v) is 4.21. The van der Waals surface area contributed by atoms with Crippen molar-refractivity contribution in [3.63, 3.8) is 0 Å². The summed E-state index contributed by atoms with van der Waals surface area (Å²) in [5.41, 5.74) is 1.41. The highest BCUT2D eigenvalue weighted by atomic mass is 79.9. The number of nitrogens with one attached hydrogen (secondary N) is 1. The van der Waals surface area contributed by atoms with Gasteiger partial charge in [0.25, 0.3) is 0 Å². The van der Waals surface area contributed by atoms with Crippen LogP contribution in [0.1, 0.15) is 26.3 Å². The van der Waals surface area contributed by atoms with Gasteiger partial charge in [-0.1, -0.05) is 15.9 Å². The van der Waals surface area contributed by atoms with Crippen LogP contribution in [0.5, 0.6) is 5.75 Å². The largest absolute Gasteiger partial charge is 0.496 e. The first-order valence-electron chi connectivity index (χ1n) is 6.73. The van der Waals surface area contributed by atoms with E-state index in [-0.39, 0.29) is 5.54 Å². The van der Waals surface area contributed by atoms with Crippen LogP contribution in [0.25, 0.3) is 0 Å². The van der Waals surface area contributed by atoms with E-state index in [1.54, 1.807) is 7.11 Å². The van der Waals surface area contributed by atoms with Crippen molar-refractivity contribution >= 4 is 15.9 Å². The summed E-state index contributed by atoms with van der Waals surface area (Å²) in [5.74, 6) is 0.965. The van der Waals surface area contributed by atoms with Gasteiger partial charge >= 0.3 is 0 Å². The molecule has 1 aromatic carbocycles. The lowest BCUT2D eigenvalue weighted by atomic mass is 9.98. The van der Waals surface area contributed by atoms with Gasteiger partial charge in [-0.2, -0.15) is 0 Å². The second-order valence-corrected chi connectivity index (χ2v) is 6.89. The molecular formula is C15H23BrN2O. The Hall–Kier alpha value is -0.580. The van der Waals surface area contributed by atoms with Crippen molar-refractivity contribution in [2.75, 3.05) is 20.2 Å². The Labute approximate surface area is 124 Å². The summed E-state index contributed by atoms with van der Waals surface area (Å²) < 4.78 is 6.57. The molecule has 1 N–H and O–H groups in total. The molecule has 4 heteroatoms. The van der Waals surface area contributed by atoms with Gasteiger partial charge in [0.2, 0.25) is 0 Å². The Balaban J connectivity index is 2.17. The molecule has 0 spiro atoms. The van der Waals surface area contributed by atoms with Crippen molar-refractivity contribution in [2.24, 2.45) is 0 Å². The molecular weight excluding hydrogens is 304 g/mol. The van der Waals surface area contributed by atoms with Crippen LogP contribution in [0.4, 0.5) is 0 Å². The number of hydrogen-bond acceptors (Lipinski definition) is 3. The standard InChI is InChI=1S/C15H23BrN2O/c1-11-8-17-15(2,3)10-18(11)9-12-7-13(16)5-6-14(12)19-4/h5-7,11,17H,8-10H2,1-4H3. The first-order chi connectivity index (χ1) is 8.91. The molecule has 0 aliphatic carbocycles. The number of hydrogen-bond donors (Lipinski definition) is 1. The van der Waals surface area contributed by atoms with Crippen LogP contribution >= 0.6 is 15.9 Å². The molecule has 106 valence electrons. The number of methoxy groups -OCH3 is 1. The van der Waals surface area contributed by atoms with Crippen molar-refractivity contribution < 1.29 is 4.74 Å². The zero-order valence-corrected chi connectivity index (χ0v) is 13.8. The van der Waals surface area contributed by atoms with Crippen LogP contribution in [-0.4, -0.2) is 36.7 Å². The fourth-order valence-corrected chi connectivity index (χ4v) is 2.98. The maximum atomic E-state index is 5.47.